The molecule has 0 saturated carbocycles. The first-order chi connectivity index (χ1) is 11.6. The third kappa shape index (κ3) is 6.17. The second kappa shape index (κ2) is 9.69. The van der Waals surface area contributed by atoms with Gasteiger partial charge >= 0.3 is 0 Å². The van der Waals surface area contributed by atoms with Crippen molar-refractivity contribution in [3.8, 4) is 0 Å². The number of nitrogens with one attached hydrogen (secondary N) is 3. The SMILES string of the molecule is CC(C)NC(=O)CSc1ccccc1C(=O)NCC1CCCNC1. The van der Waals surface area contributed by atoms with Gasteiger partial charge < -0.3 is 16.0 Å². The first-order valence-corrected chi connectivity index (χ1v) is 9.55. The van der Waals surface area contributed by atoms with Crippen molar-refractivity contribution in [2.75, 3.05) is 25.4 Å². The molecule has 1 aromatic carbocycles. The Morgan fingerprint density at radius 2 is 2.12 bits per heavy atom. The highest BCUT2D eigenvalue weighted by Gasteiger charge is 2.16. The molecule has 1 unspecified atom stereocenters. The number of carbonyl (C=O) groups is 2. The molecule has 1 saturated heterocycles. The predicted octanol–water partition coefficient (Wildman–Crippen LogP) is 2.03. The van der Waals surface area contributed by atoms with Crippen molar-refractivity contribution in [3.05, 3.63) is 29.8 Å². The van der Waals surface area contributed by atoms with Crippen LogP contribution in [0.3, 0.4) is 0 Å². The van der Waals surface area contributed by atoms with Crippen LogP contribution in [0, 0.1) is 5.92 Å². The summed E-state index contributed by atoms with van der Waals surface area (Å²) in [4.78, 5) is 25.1. The highest BCUT2D eigenvalue weighted by Crippen LogP contribution is 2.22. The lowest BCUT2D eigenvalue weighted by molar-refractivity contribution is -0.119. The molecule has 0 aliphatic carbocycles. The minimum atomic E-state index is -0.0621. The summed E-state index contributed by atoms with van der Waals surface area (Å²) in [5.41, 5.74) is 0.642. The van der Waals surface area contributed by atoms with Gasteiger partial charge in [0.2, 0.25) is 5.91 Å². The summed E-state index contributed by atoms with van der Waals surface area (Å²) < 4.78 is 0. The van der Waals surface area contributed by atoms with E-state index in [0.717, 1.165) is 30.8 Å². The van der Waals surface area contributed by atoms with Crippen LogP contribution in [0.25, 0.3) is 0 Å². The van der Waals surface area contributed by atoms with Crippen molar-refractivity contribution in [2.24, 2.45) is 5.92 Å². The van der Waals surface area contributed by atoms with E-state index in [1.54, 1.807) is 0 Å². The Morgan fingerprint density at radius 3 is 2.83 bits per heavy atom. The third-order valence-corrected chi connectivity index (χ3v) is 4.96. The van der Waals surface area contributed by atoms with Gasteiger partial charge in [0, 0.05) is 17.5 Å². The van der Waals surface area contributed by atoms with E-state index >= 15 is 0 Å². The number of amides is 2. The van der Waals surface area contributed by atoms with E-state index in [4.69, 9.17) is 0 Å². The van der Waals surface area contributed by atoms with Crippen molar-refractivity contribution in [3.63, 3.8) is 0 Å². The number of hydrogen-bond acceptors (Lipinski definition) is 4. The maximum Gasteiger partial charge on any atom is 0.252 e. The molecule has 6 heteroatoms. The zero-order valence-corrected chi connectivity index (χ0v) is 15.2. The smallest absolute Gasteiger partial charge is 0.252 e. The number of carbonyl (C=O) groups excluding carboxylic acids is 2. The Kier molecular flexibility index (Phi) is 7.59. The minimum absolute atomic E-state index is 0.0153. The monoisotopic (exact) mass is 349 g/mol. The Labute approximate surface area is 148 Å². The van der Waals surface area contributed by atoms with E-state index in [9.17, 15) is 9.59 Å². The Hall–Kier alpha value is -1.53. The molecule has 1 atom stereocenters. The van der Waals surface area contributed by atoms with Crippen LogP contribution in [0.5, 0.6) is 0 Å². The molecule has 0 aromatic heterocycles. The van der Waals surface area contributed by atoms with Crippen LogP contribution in [0.1, 0.15) is 37.0 Å². The average molecular weight is 350 g/mol. The fraction of sp³-hybridized carbons (Fsp3) is 0.556. The fourth-order valence-corrected chi connectivity index (χ4v) is 3.58. The highest BCUT2D eigenvalue weighted by atomic mass is 32.2. The minimum Gasteiger partial charge on any atom is -0.353 e. The van der Waals surface area contributed by atoms with E-state index in [1.807, 2.05) is 38.1 Å². The average Bonchev–Trinajstić information content (AvgIpc) is 2.58. The molecule has 0 spiro atoms. The summed E-state index contributed by atoms with van der Waals surface area (Å²) in [6, 6.07) is 7.59. The quantitative estimate of drug-likeness (QED) is 0.659. The maximum absolute atomic E-state index is 12.5. The Balaban J connectivity index is 1.89. The van der Waals surface area contributed by atoms with Crippen LogP contribution in [-0.4, -0.2) is 43.2 Å². The molecule has 2 rings (SSSR count). The molecule has 1 fully saturated rings. The van der Waals surface area contributed by atoms with Gasteiger partial charge in [-0.15, -0.1) is 11.8 Å². The van der Waals surface area contributed by atoms with Gasteiger partial charge in [0.25, 0.3) is 5.91 Å². The molecular formula is C18H27N3O2S. The normalized spacial score (nSPS) is 17.5. The largest absolute Gasteiger partial charge is 0.353 e. The van der Waals surface area contributed by atoms with Crippen molar-refractivity contribution >= 4 is 23.6 Å². The van der Waals surface area contributed by atoms with Gasteiger partial charge in [-0.1, -0.05) is 12.1 Å². The van der Waals surface area contributed by atoms with Gasteiger partial charge in [0.05, 0.1) is 11.3 Å². The van der Waals surface area contributed by atoms with Crippen LogP contribution in [0.15, 0.2) is 29.2 Å². The van der Waals surface area contributed by atoms with Crippen molar-refractivity contribution in [1.29, 1.82) is 0 Å². The predicted molar refractivity (Wildman–Crippen MR) is 98.4 cm³/mol. The maximum atomic E-state index is 12.5. The molecule has 132 valence electrons. The molecule has 0 bridgehead atoms. The zero-order valence-electron chi connectivity index (χ0n) is 14.4. The van der Waals surface area contributed by atoms with Crippen molar-refractivity contribution in [2.45, 2.75) is 37.6 Å². The van der Waals surface area contributed by atoms with E-state index in [2.05, 4.69) is 16.0 Å². The molecule has 3 N–H and O–H groups in total. The van der Waals surface area contributed by atoms with Crippen LogP contribution in [-0.2, 0) is 4.79 Å². The molecular weight excluding hydrogens is 322 g/mol. The number of rotatable bonds is 7. The van der Waals surface area contributed by atoms with Crippen LogP contribution in [0.2, 0.25) is 0 Å². The van der Waals surface area contributed by atoms with Crippen molar-refractivity contribution < 1.29 is 9.59 Å². The number of benzene rings is 1. The third-order valence-electron chi connectivity index (χ3n) is 3.89. The number of piperidine rings is 1. The number of hydrogen-bond donors (Lipinski definition) is 3. The Morgan fingerprint density at radius 1 is 1.33 bits per heavy atom. The molecule has 1 heterocycles. The molecule has 1 aliphatic heterocycles. The lowest BCUT2D eigenvalue weighted by atomic mass is 10.00. The molecule has 2 amide bonds. The van der Waals surface area contributed by atoms with Crippen molar-refractivity contribution in [1.82, 2.24) is 16.0 Å². The summed E-state index contributed by atoms with van der Waals surface area (Å²) in [6.45, 7) is 6.60. The van der Waals surface area contributed by atoms with E-state index in [-0.39, 0.29) is 17.9 Å². The lowest BCUT2D eigenvalue weighted by Gasteiger charge is -2.23. The van der Waals surface area contributed by atoms with Gasteiger partial charge in [-0.05, 0) is 57.8 Å². The van der Waals surface area contributed by atoms with E-state index in [0.29, 0.717) is 23.8 Å². The second-order valence-corrected chi connectivity index (χ2v) is 7.45. The highest BCUT2D eigenvalue weighted by molar-refractivity contribution is 8.00. The molecule has 0 radical (unpaired) electrons. The fourth-order valence-electron chi connectivity index (χ4n) is 2.72. The van der Waals surface area contributed by atoms with Gasteiger partial charge in [-0.25, -0.2) is 0 Å². The lowest BCUT2D eigenvalue weighted by Crippen LogP contribution is -2.38. The van der Waals surface area contributed by atoms with Gasteiger partial charge in [-0.3, -0.25) is 9.59 Å². The van der Waals surface area contributed by atoms with Gasteiger partial charge in [-0.2, -0.15) is 0 Å². The summed E-state index contributed by atoms with van der Waals surface area (Å²) in [7, 11) is 0. The van der Waals surface area contributed by atoms with E-state index in [1.165, 1.54) is 11.8 Å². The number of thioether (sulfide) groups is 1. The molecule has 5 nitrogen and oxygen atoms in total. The molecule has 1 aliphatic rings. The first-order valence-electron chi connectivity index (χ1n) is 8.56. The summed E-state index contributed by atoms with van der Waals surface area (Å²) in [5.74, 6) is 0.737. The first kappa shape index (κ1) is 18.8. The molecule has 1 aromatic rings. The van der Waals surface area contributed by atoms with Crippen LogP contribution < -0.4 is 16.0 Å². The van der Waals surface area contributed by atoms with Gasteiger partial charge in [0.1, 0.15) is 0 Å². The van der Waals surface area contributed by atoms with E-state index < -0.39 is 0 Å². The summed E-state index contributed by atoms with van der Waals surface area (Å²) in [6.07, 6.45) is 2.32. The van der Waals surface area contributed by atoms with Crippen LogP contribution >= 0.6 is 11.8 Å². The van der Waals surface area contributed by atoms with Gasteiger partial charge in [0.15, 0.2) is 0 Å². The zero-order chi connectivity index (χ0) is 17.4. The second-order valence-electron chi connectivity index (χ2n) is 6.43. The summed E-state index contributed by atoms with van der Waals surface area (Å²) in [5, 5.41) is 9.26. The Bertz CT molecular complexity index is 557. The van der Waals surface area contributed by atoms with Crippen LogP contribution in [0.4, 0.5) is 0 Å². The molecule has 24 heavy (non-hydrogen) atoms. The standard InChI is InChI=1S/C18H27N3O2S/c1-13(2)21-17(22)12-24-16-8-4-3-7-15(16)18(23)20-11-14-6-5-9-19-10-14/h3-4,7-8,13-14,19H,5-6,9-12H2,1-2H3,(H,20,23)(H,21,22). The topological polar surface area (TPSA) is 70.2 Å². The summed E-state index contributed by atoms with van der Waals surface area (Å²) >= 11 is 1.40.